The third-order valence-corrected chi connectivity index (χ3v) is 4.39. The van der Waals surface area contributed by atoms with Crippen LogP contribution in [-0.2, 0) is 24.4 Å². The third kappa shape index (κ3) is 6.26. The molecule has 24 heavy (non-hydrogen) atoms. The highest BCUT2D eigenvalue weighted by atomic mass is 32.2. The summed E-state index contributed by atoms with van der Waals surface area (Å²) in [4.78, 5) is 22.0. The molecule has 0 bridgehead atoms. The summed E-state index contributed by atoms with van der Waals surface area (Å²) >= 11 is 0. The lowest BCUT2D eigenvalue weighted by Crippen LogP contribution is -2.35. The van der Waals surface area contributed by atoms with Crippen molar-refractivity contribution in [3.05, 3.63) is 29.8 Å². The molecule has 2 rings (SSSR count). The second-order valence-electron chi connectivity index (χ2n) is 5.43. The summed E-state index contributed by atoms with van der Waals surface area (Å²) in [7, 11) is -2.73. The molecule has 8 nitrogen and oxygen atoms in total. The number of benzene rings is 1. The standard InChI is InChI=1S/C8H14N2O3.C7H8O3S/c1-13-8(12)6(9)4-5-2-3-10-7(5)11;1-6-2-4-7(5-3-6)11(8,9)10/h5-6H,2-4,9H2,1H3,(H,10,11);2-5H,1H3,(H,8,9,10). The van der Waals surface area contributed by atoms with E-state index in [1.807, 2.05) is 6.92 Å². The van der Waals surface area contributed by atoms with Crippen molar-refractivity contribution < 1.29 is 27.3 Å². The maximum Gasteiger partial charge on any atom is 0.322 e. The summed E-state index contributed by atoms with van der Waals surface area (Å²) in [5.41, 5.74) is 6.47. The molecule has 134 valence electrons. The van der Waals surface area contributed by atoms with Gasteiger partial charge in [-0.25, -0.2) is 0 Å². The van der Waals surface area contributed by atoms with Gasteiger partial charge < -0.3 is 15.8 Å². The monoisotopic (exact) mass is 358 g/mol. The fourth-order valence-corrected chi connectivity index (χ4v) is 2.61. The van der Waals surface area contributed by atoms with E-state index < -0.39 is 22.1 Å². The second kappa shape index (κ2) is 8.76. The molecule has 1 aromatic carbocycles. The van der Waals surface area contributed by atoms with Crippen LogP contribution in [0.15, 0.2) is 29.2 Å². The van der Waals surface area contributed by atoms with E-state index in [0.717, 1.165) is 12.0 Å². The number of aryl methyl sites for hydroxylation is 1. The minimum Gasteiger partial charge on any atom is -0.468 e. The molecular formula is C15H22N2O6S. The molecule has 0 spiro atoms. The number of amides is 1. The Kier molecular flexibility index (Phi) is 7.33. The van der Waals surface area contributed by atoms with Gasteiger partial charge in [0, 0.05) is 12.5 Å². The van der Waals surface area contributed by atoms with Crippen molar-refractivity contribution in [1.82, 2.24) is 5.32 Å². The number of rotatable bonds is 4. The van der Waals surface area contributed by atoms with Crippen molar-refractivity contribution in [3.8, 4) is 0 Å². The fourth-order valence-electron chi connectivity index (χ4n) is 2.13. The van der Waals surface area contributed by atoms with E-state index >= 15 is 0 Å². The normalized spacial score (nSPS) is 18.2. The molecule has 0 aliphatic carbocycles. The maximum absolute atomic E-state index is 11.1. The minimum absolute atomic E-state index is 0.0145. The average molecular weight is 358 g/mol. The van der Waals surface area contributed by atoms with Gasteiger partial charge in [0.15, 0.2) is 0 Å². The number of ether oxygens (including phenoxy) is 1. The maximum atomic E-state index is 11.1. The van der Waals surface area contributed by atoms with Gasteiger partial charge in [-0.1, -0.05) is 17.7 Å². The molecule has 1 aliphatic rings. The fraction of sp³-hybridized carbons (Fsp3) is 0.467. The van der Waals surface area contributed by atoms with E-state index in [2.05, 4.69) is 10.1 Å². The van der Waals surface area contributed by atoms with Gasteiger partial charge in [0.1, 0.15) is 6.04 Å². The highest BCUT2D eigenvalue weighted by molar-refractivity contribution is 7.85. The van der Waals surface area contributed by atoms with Crippen LogP contribution in [0.3, 0.4) is 0 Å². The SMILES string of the molecule is COC(=O)C(N)CC1CCNC1=O.Cc1ccc(S(=O)(=O)O)cc1. The van der Waals surface area contributed by atoms with Crippen LogP contribution in [0.4, 0.5) is 0 Å². The van der Waals surface area contributed by atoms with Crippen LogP contribution in [0, 0.1) is 12.8 Å². The lowest BCUT2D eigenvalue weighted by molar-refractivity contribution is -0.142. The van der Waals surface area contributed by atoms with E-state index in [-0.39, 0.29) is 16.7 Å². The molecule has 2 unspecified atom stereocenters. The largest absolute Gasteiger partial charge is 0.468 e. The van der Waals surface area contributed by atoms with Crippen LogP contribution in [0.25, 0.3) is 0 Å². The Bertz CT molecular complexity index is 672. The van der Waals surface area contributed by atoms with Crippen molar-refractivity contribution in [2.45, 2.75) is 30.7 Å². The van der Waals surface area contributed by atoms with Crippen molar-refractivity contribution >= 4 is 22.0 Å². The van der Waals surface area contributed by atoms with Crippen molar-refractivity contribution in [3.63, 3.8) is 0 Å². The Morgan fingerprint density at radius 2 is 2.00 bits per heavy atom. The molecule has 1 heterocycles. The molecule has 1 fully saturated rings. The smallest absolute Gasteiger partial charge is 0.322 e. The number of methoxy groups -OCH3 is 1. The molecule has 1 amide bonds. The van der Waals surface area contributed by atoms with Gasteiger partial charge in [-0.15, -0.1) is 0 Å². The van der Waals surface area contributed by atoms with E-state index in [4.69, 9.17) is 10.3 Å². The zero-order chi connectivity index (χ0) is 18.3. The van der Waals surface area contributed by atoms with Crippen LogP contribution >= 0.6 is 0 Å². The summed E-state index contributed by atoms with van der Waals surface area (Å²) in [5, 5.41) is 2.69. The van der Waals surface area contributed by atoms with Gasteiger partial charge in [0.25, 0.3) is 10.1 Å². The number of hydrogen-bond donors (Lipinski definition) is 3. The van der Waals surface area contributed by atoms with Gasteiger partial charge in [0.2, 0.25) is 5.91 Å². The molecule has 0 radical (unpaired) electrons. The summed E-state index contributed by atoms with van der Waals surface area (Å²) in [6.45, 7) is 2.52. The second-order valence-corrected chi connectivity index (χ2v) is 6.85. The average Bonchev–Trinajstić information content (AvgIpc) is 2.91. The molecule has 1 saturated heterocycles. The third-order valence-electron chi connectivity index (χ3n) is 3.52. The Morgan fingerprint density at radius 3 is 2.42 bits per heavy atom. The molecule has 0 saturated carbocycles. The van der Waals surface area contributed by atoms with Crippen LogP contribution < -0.4 is 11.1 Å². The summed E-state index contributed by atoms with van der Waals surface area (Å²) < 4.78 is 34.0. The Labute approximate surface area is 141 Å². The Morgan fingerprint density at radius 1 is 1.42 bits per heavy atom. The van der Waals surface area contributed by atoms with E-state index in [1.165, 1.54) is 19.2 Å². The lowest BCUT2D eigenvalue weighted by Gasteiger charge is -2.11. The van der Waals surface area contributed by atoms with Gasteiger partial charge in [-0.05, 0) is 31.9 Å². The first-order valence-electron chi connectivity index (χ1n) is 7.30. The number of nitrogens with two attached hydrogens (primary N) is 1. The predicted molar refractivity (Wildman–Crippen MR) is 86.7 cm³/mol. The number of carbonyl (C=O) groups excluding carboxylic acids is 2. The van der Waals surface area contributed by atoms with Gasteiger partial charge in [-0.3, -0.25) is 14.1 Å². The van der Waals surface area contributed by atoms with Gasteiger partial charge in [0.05, 0.1) is 12.0 Å². The first-order valence-corrected chi connectivity index (χ1v) is 8.74. The van der Waals surface area contributed by atoms with Crippen LogP contribution in [0.5, 0.6) is 0 Å². The molecule has 1 aliphatic heterocycles. The van der Waals surface area contributed by atoms with Crippen molar-refractivity contribution in [2.24, 2.45) is 11.7 Å². The Balaban J connectivity index is 0.000000243. The summed E-state index contributed by atoms with van der Waals surface area (Å²) in [6, 6.07) is 5.31. The molecule has 1 aromatic rings. The van der Waals surface area contributed by atoms with E-state index in [0.29, 0.717) is 13.0 Å². The first kappa shape index (κ1) is 20.1. The van der Waals surface area contributed by atoms with Crippen LogP contribution in [0.1, 0.15) is 18.4 Å². The van der Waals surface area contributed by atoms with E-state index in [9.17, 15) is 18.0 Å². The number of nitrogens with one attached hydrogen (secondary N) is 1. The molecule has 0 aromatic heterocycles. The molecule has 9 heteroatoms. The highest BCUT2D eigenvalue weighted by Gasteiger charge is 2.28. The van der Waals surface area contributed by atoms with Gasteiger partial charge in [-0.2, -0.15) is 8.42 Å². The molecule has 4 N–H and O–H groups in total. The van der Waals surface area contributed by atoms with Crippen LogP contribution in [0.2, 0.25) is 0 Å². The molecule has 2 atom stereocenters. The summed E-state index contributed by atoms with van der Waals surface area (Å²) in [6.07, 6.45) is 1.13. The van der Waals surface area contributed by atoms with Crippen LogP contribution in [-0.4, -0.2) is 44.5 Å². The summed E-state index contributed by atoms with van der Waals surface area (Å²) in [5.74, 6) is -0.604. The topological polar surface area (TPSA) is 136 Å². The zero-order valence-electron chi connectivity index (χ0n) is 13.6. The van der Waals surface area contributed by atoms with E-state index in [1.54, 1.807) is 12.1 Å². The zero-order valence-corrected chi connectivity index (χ0v) is 14.4. The Hall–Kier alpha value is -1.97. The number of hydrogen-bond acceptors (Lipinski definition) is 6. The number of esters is 1. The molecular weight excluding hydrogens is 336 g/mol. The number of carbonyl (C=O) groups is 2. The first-order chi connectivity index (χ1) is 11.1. The van der Waals surface area contributed by atoms with Crippen molar-refractivity contribution in [1.29, 1.82) is 0 Å². The highest BCUT2D eigenvalue weighted by Crippen LogP contribution is 2.15. The van der Waals surface area contributed by atoms with Gasteiger partial charge >= 0.3 is 5.97 Å². The lowest BCUT2D eigenvalue weighted by atomic mass is 9.99. The predicted octanol–water partition coefficient (Wildman–Crippen LogP) is 0.255. The quantitative estimate of drug-likeness (QED) is 0.518. The van der Waals surface area contributed by atoms with Crippen molar-refractivity contribution in [2.75, 3.05) is 13.7 Å². The minimum atomic E-state index is -4.02.